The summed E-state index contributed by atoms with van der Waals surface area (Å²) in [5.41, 5.74) is -1.57. The van der Waals surface area contributed by atoms with Crippen molar-refractivity contribution in [2.45, 2.75) is 50.2 Å². The van der Waals surface area contributed by atoms with Crippen molar-refractivity contribution in [2.75, 3.05) is 31.5 Å². The number of hydrogen-bond donors (Lipinski definition) is 1. The largest absolute Gasteiger partial charge is 0.451 e. The maximum absolute atomic E-state index is 13.3. The van der Waals surface area contributed by atoms with Crippen LogP contribution in [-0.2, 0) is 15.7 Å². The lowest BCUT2D eigenvalue weighted by molar-refractivity contribution is -0.388. The van der Waals surface area contributed by atoms with Crippen LogP contribution in [-0.4, -0.2) is 71.5 Å². The molecule has 1 atom stereocenters. The Balaban J connectivity index is 1.11. The number of fused-ring (bicyclic) bond motifs is 1. The van der Waals surface area contributed by atoms with Gasteiger partial charge in [0.25, 0.3) is 11.6 Å². The molecule has 2 aliphatic rings. The number of halogens is 4. The van der Waals surface area contributed by atoms with E-state index in [1.54, 1.807) is 29.2 Å². The number of nitro benzene ring substituents is 1. The molecule has 5 rings (SSSR count). The van der Waals surface area contributed by atoms with Crippen molar-refractivity contribution < 1.29 is 36.8 Å². The Morgan fingerprint density at radius 3 is 2.45 bits per heavy atom. The molecule has 224 valence electrons. The monoisotopic (exact) mass is 608 g/mol. The zero-order valence-electron chi connectivity index (χ0n) is 22.3. The van der Waals surface area contributed by atoms with Crippen LogP contribution in [0.4, 0.5) is 24.5 Å². The molecule has 2 heterocycles. The highest BCUT2D eigenvalue weighted by atomic mass is 35.5. The Labute approximate surface area is 243 Å². The average Bonchev–Trinajstić information content (AvgIpc) is 3.39. The summed E-state index contributed by atoms with van der Waals surface area (Å²) in [7, 11) is 0. The van der Waals surface area contributed by atoms with E-state index < -0.39 is 28.6 Å². The smallest absolute Gasteiger partial charge is 0.423 e. The van der Waals surface area contributed by atoms with Crippen LogP contribution in [0.5, 0.6) is 0 Å². The number of hydrogen-bond acceptors (Lipinski definition) is 8. The van der Waals surface area contributed by atoms with Gasteiger partial charge in [0.15, 0.2) is 18.3 Å². The molecular weight excluding hydrogens is 581 g/mol. The van der Waals surface area contributed by atoms with E-state index in [0.29, 0.717) is 62.5 Å². The van der Waals surface area contributed by atoms with Gasteiger partial charge in [0.05, 0.1) is 11.0 Å². The Bertz CT molecular complexity index is 1470. The highest BCUT2D eigenvalue weighted by molar-refractivity contribution is 6.31. The number of benzene rings is 2. The van der Waals surface area contributed by atoms with Crippen LogP contribution < -0.4 is 5.32 Å². The first-order valence-corrected chi connectivity index (χ1v) is 13.8. The van der Waals surface area contributed by atoms with E-state index in [1.807, 2.05) is 4.90 Å². The van der Waals surface area contributed by atoms with Gasteiger partial charge in [0, 0.05) is 54.4 Å². The second kappa shape index (κ2) is 12.3. The molecule has 14 heteroatoms. The molecule has 1 aliphatic carbocycles. The molecule has 3 aromatic rings. The number of furan rings is 1. The van der Waals surface area contributed by atoms with Gasteiger partial charge < -0.3 is 19.4 Å². The predicted octanol–water partition coefficient (Wildman–Crippen LogP) is 5.74. The lowest BCUT2D eigenvalue weighted by atomic mass is 9.92. The van der Waals surface area contributed by atoms with Crippen molar-refractivity contribution in [2.24, 2.45) is 0 Å². The molecule has 1 amide bonds. The molecule has 2 aromatic carbocycles. The zero-order chi connectivity index (χ0) is 30.0. The molecule has 0 bridgehead atoms. The fraction of sp³-hybridized carbons (Fsp3) is 0.429. The van der Waals surface area contributed by atoms with Gasteiger partial charge in [-0.25, -0.2) is 0 Å². The number of rotatable bonds is 8. The fourth-order valence-electron chi connectivity index (χ4n) is 5.45. The highest BCUT2D eigenvalue weighted by Crippen LogP contribution is 2.38. The normalized spacial score (nSPS) is 20.8. The molecule has 1 saturated heterocycles. The topological polar surface area (TPSA) is 118 Å². The zero-order valence-corrected chi connectivity index (χ0v) is 23.1. The number of ether oxygens (including phenoxy) is 1. The SMILES string of the molecule is O=CC(OC1CCC(Nc2ccc([N+](=O)[O-])c(C(F)(F)F)c2)CC1)N1CCN(C(=O)c2cc3cc(Cl)ccc3o2)CC1. The molecule has 0 spiro atoms. The third kappa shape index (κ3) is 6.69. The van der Waals surface area contributed by atoms with Crippen molar-refractivity contribution in [3.8, 4) is 0 Å². The van der Waals surface area contributed by atoms with Crippen molar-refractivity contribution >= 4 is 46.1 Å². The van der Waals surface area contributed by atoms with Crippen LogP contribution in [0.3, 0.4) is 0 Å². The first-order chi connectivity index (χ1) is 20.0. The number of anilines is 1. The van der Waals surface area contributed by atoms with E-state index in [9.17, 15) is 32.9 Å². The van der Waals surface area contributed by atoms with E-state index in [1.165, 1.54) is 6.07 Å². The maximum atomic E-state index is 13.3. The molecule has 0 radical (unpaired) electrons. The van der Waals surface area contributed by atoms with Gasteiger partial charge in [-0.1, -0.05) is 11.6 Å². The lowest BCUT2D eigenvalue weighted by Gasteiger charge is -2.39. The first-order valence-electron chi connectivity index (χ1n) is 13.5. The third-order valence-electron chi connectivity index (χ3n) is 7.64. The quantitative estimate of drug-likeness (QED) is 0.196. The first kappa shape index (κ1) is 29.8. The standard InChI is InChI=1S/C28H28ClF3N4O6/c29-18-1-8-24-17(13-18)14-25(42-24)27(38)35-11-9-34(10-12-35)26(16-37)41-21-5-2-19(3-6-21)33-20-4-7-23(36(39)40)22(15-20)28(30,31)32/h1,4,7-8,13-16,19,21,26,33H,2-3,5-6,9-12H2. The van der Waals surface area contributed by atoms with Crippen LogP contribution in [0.15, 0.2) is 46.9 Å². The van der Waals surface area contributed by atoms with Crippen LogP contribution in [0.2, 0.25) is 5.02 Å². The molecule has 42 heavy (non-hydrogen) atoms. The van der Waals surface area contributed by atoms with E-state index in [4.69, 9.17) is 20.8 Å². The number of aldehydes is 1. The molecule has 1 aromatic heterocycles. The number of nitro groups is 1. The van der Waals surface area contributed by atoms with E-state index >= 15 is 0 Å². The summed E-state index contributed by atoms with van der Waals surface area (Å²) in [6.45, 7) is 1.63. The van der Waals surface area contributed by atoms with E-state index in [2.05, 4.69) is 5.32 Å². The van der Waals surface area contributed by atoms with E-state index in [-0.39, 0.29) is 29.5 Å². The fourth-order valence-corrected chi connectivity index (χ4v) is 5.63. The van der Waals surface area contributed by atoms with Gasteiger partial charge in [-0.05, 0) is 62.1 Å². The molecule has 1 aliphatic heterocycles. The summed E-state index contributed by atoms with van der Waals surface area (Å²) in [5.74, 6) is -0.0237. The second-order valence-electron chi connectivity index (χ2n) is 10.4. The van der Waals surface area contributed by atoms with Crippen LogP contribution in [0.25, 0.3) is 11.0 Å². The van der Waals surface area contributed by atoms with E-state index in [0.717, 1.165) is 23.8 Å². The maximum Gasteiger partial charge on any atom is 0.423 e. The Kier molecular flexibility index (Phi) is 8.71. The molecule has 1 N–H and O–H groups in total. The summed E-state index contributed by atoms with van der Waals surface area (Å²) in [4.78, 5) is 38.4. The number of nitrogens with zero attached hydrogens (tertiary/aromatic N) is 3. The van der Waals surface area contributed by atoms with Gasteiger partial charge in [-0.2, -0.15) is 13.2 Å². The minimum Gasteiger partial charge on any atom is -0.451 e. The molecule has 1 unspecified atom stereocenters. The van der Waals surface area contributed by atoms with Crippen molar-refractivity contribution in [1.29, 1.82) is 0 Å². The number of alkyl halides is 3. The minimum atomic E-state index is -4.85. The van der Waals surface area contributed by atoms with Gasteiger partial charge in [-0.3, -0.25) is 24.6 Å². The number of piperazine rings is 1. The summed E-state index contributed by atoms with van der Waals surface area (Å²) < 4.78 is 51.7. The van der Waals surface area contributed by atoms with Crippen molar-refractivity contribution in [1.82, 2.24) is 9.80 Å². The molecular formula is C28H28ClF3N4O6. The number of amides is 1. The van der Waals surface area contributed by atoms with Gasteiger partial charge >= 0.3 is 6.18 Å². The number of carbonyl (C=O) groups excluding carboxylic acids is 2. The van der Waals surface area contributed by atoms with Crippen LogP contribution in [0.1, 0.15) is 41.8 Å². The third-order valence-corrected chi connectivity index (χ3v) is 7.88. The van der Waals surface area contributed by atoms with Crippen molar-refractivity contribution in [3.05, 3.63) is 68.9 Å². The average molecular weight is 609 g/mol. The van der Waals surface area contributed by atoms with Gasteiger partial charge in [0.2, 0.25) is 0 Å². The van der Waals surface area contributed by atoms with Gasteiger partial charge in [0.1, 0.15) is 11.1 Å². The Morgan fingerprint density at radius 1 is 1.10 bits per heavy atom. The molecule has 10 nitrogen and oxygen atoms in total. The van der Waals surface area contributed by atoms with Crippen molar-refractivity contribution in [3.63, 3.8) is 0 Å². The van der Waals surface area contributed by atoms with Crippen LogP contribution in [0, 0.1) is 10.1 Å². The van der Waals surface area contributed by atoms with Gasteiger partial charge in [-0.15, -0.1) is 0 Å². The summed E-state index contributed by atoms with van der Waals surface area (Å²) >= 11 is 6.02. The highest BCUT2D eigenvalue weighted by Gasteiger charge is 2.39. The summed E-state index contributed by atoms with van der Waals surface area (Å²) in [5, 5.41) is 15.3. The Morgan fingerprint density at radius 2 is 1.81 bits per heavy atom. The lowest BCUT2D eigenvalue weighted by Crippen LogP contribution is -2.53. The summed E-state index contributed by atoms with van der Waals surface area (Å²) in [6.07, 6.45) is -2.79. The van der Waals surface area contributed by atoms with Crippen LogP contribution >= 0.6 is 11.6 Å². The molecule has 2 fully saturated rings. The molecule has 1 saturated carbocycles. The predicted molar refractivity (Wildman–Crippen MR) is 147 cm³/mol. The Hall–Kier alpha value is -3.68. The minimum absolute atomic E-state index is 0.147. The number of carbonyl (C=O) groups is 2. The second-order valence-corrected chi connectivity index (χ2v) is 10.8. The summed E-state index contributed by atoms with van der Waals surface area (Å²) in [6, 6.07) is 9.53. The number of nitrogens with one attached hydrogen (secondary N) is 1.